The number of carbonyl (C=O) groups is 5. The van der Waals surface area contributed by atoms with Crippen molar-refractivity contribution in [3.05, 3.63) is 35.9 Å². The number of nitrogens with zero attached hydrogens (tertiary/aromatic N) is 1. The maximum absolute atomic E-state index is 13.2. The molecule has 33 heavy (non-hydrogen) atoms. The Balaban J connectivity index is 1.74. The van der Waals surface area contributed by atoms with Crippen LogP contribution in [-0.4, -0.2) is 73.9 Å². The number of hydrogen-bond donors (Lipinski definition) is 1. The summed E-state index contributed by atoms with van der Waals surface area (Å²) in [5, 5.41) is 1.68. The number of β-lactam (4-membered cyclic amide) rings is 1. The van der Waals surface area contributed by atoms with Crippen molar-refractivity contribution in [1.29, 1.82) is 0 Å². The number of Topliss-reactive ketones (excluding diaryl/α,β-unsaturated/α-hetero) is 1. The third-order valence-electron chi connectivity index (χ3n) is 5.61. The number of amides is 2. The van der Waals surface area contributed by atoms with Gasteiger partial charge in [-0.15, -0.1) is 0 Å². The van der Waals surface area contributed by atoms with E-state index in [1.807, 2.05) is 6.07 Å². The minimum Gasteiger partial charge on any atom is -0.614 e. The molecule has 0 radical (unpaired) electrons. The lowest BCUT2D eigenvalue weighted by molar-refractivity contribution is -0.177. The van der Waals surface area contributed by atoms with Crippen LogP contribution in [0.25, 0.3) is 0 Å². The second kappa shape index (κ2) is 9.52. The molecule has 0 aromatic heterocycles. The van der Waals surface area contributed by atoms with Crippen LogP contribution in [0.15, 0.2) is 30.3 Å². The largest absolute Gasteiger partial charge is 0.614 e. The average Bonchev–Trinajstić information content (AvgIpc) is 2.94. The van der Waals surface area contributed by atoms with Gasteiger partial charge in [0.1, 0.15) is 0 Å². The topological polar surface area (TPSA) is 142 Å². The van der Waals surface area contributed by atoms with Crippen molar-refractivity contribution >= 4 is 40.7 Å². The van der Waals surface area contributed by atoms with E-state index in [2.05, 4.69) is 5.32 Å². The van der Waals surface area contributed by atoms with E-state index >= 15 is 0 Å². The van der Waals surface area contributed by atoms with E-state index in [0.717, 1.165) is 17.4 Å². The molecule has 5 atom stereocenters. The minimum atomic E-state index is -1.78. The fraction of sp³-hybridized carbons (Fsp3) is 0.500. The number of fused-ring (bicyclic) bond motifs is 1. The molecule has 11 heteroatoms. The lowest BCUT2D eigenvalue weighted by Gasteiger charge is -2.41. The number of nitrogens with one attached hydrogen (secondary N) is 1. The smallest absolute Gasteiger partial charge is 0.355 e. The van der Waals surface area contributed by atoms with Gasteiger partial charge in [-0.05, 0) is 44.4 Å². The van der Waals surface area contributed by atoms with Gasteiger partial charge in [-0.3, -0.25) is 19.3 Å². The van der Waals surface area contributed by atoms with Gasteiger partial charge in [0.2, 0.25) is 11.3 Å². The average molecular weight is 479 g/mol. The van der Waals surface area contributed by atoms with Crippen LogP contribution in [0.3, 0.4) is 0 Å². The van der Waals surface area contributed by atoms with Gasteiger partial charge < -0.3 is 19.3 Å². The molecule has 2 aliphatic rings. The van der Waals surface area contributed by atoms with E-state index in [1.54, 1.807) is 24.3 Å². The van der Waals surface area contributed by atoms with Crippen molar-refractivity contribution in [1.82, 2.24) is 10.2 Å². The van der Waals surface area contributed by atoms with Crippen molar-refractivity contribution in [2.24, 2.45) is 0 Å². The molecule has 0 saturated carbocycles. The first-order valence-electron chi connectivity index (χ1n) is 10.4. The van der Waals surface area contributed by atoms with Crippen molar-refractivity contribution in [2.45, 2.75) is 62.4 Å². The van der Waals surface area contributed by atoms with E-state index < -0.39 is 69.0 Å². The summed E-state index contributed by atoms with van der Waals surface area (Å²) in [7, 11) is 0. The fourth-order valence-electron chi connectivity index (χ4n) is 3.98. The van der Waals surface area contributed by atoms with E-state index in [9.17, 15) is 28.5 Å². The van der Waals surface area contributed by atoms with Gasteiger partial charge in [-0.2, -0.15) is 0 Å². The SMILES string of the molecule is CCOC(=O)C(OC(=O)[C@@H]1N2C(=O)[C@@H](NC(=O)Cc3ccccc3)[C@H]2[S+]([O-])C1(C)C)C(C)=O. The highest BCUT2D eigenvalue weighted by atomic mass is 32.2. The summed E-state index contributed by atoms with van der Waals surface area (Å²) in [6.07, 6.45) is -1.74. The summed E-state index contributed by atoms with van der Waals surface area (Å²) < 4.78 is 21.8. The highest BCUT2D eigenvalue weighted by molar-refractivity contribution is 7.94. The highest BCUT2D eigenvalue weighted by Crippen LogP contribution is 2.46. The molecule has 1 N–H and O–H groups in total. The van der Waals surface area contributed by atoms with Gasteiger partial charge >= 0.3 is 11.9 Å². The molecule has 3 rings (SSSR count). The molecule has 2 saturated heterocycles. The molecule has 10 nitrogen and oxygen atoms in total. The Morgan fingerprint density at radius 3 is 2.42 bits per heavy atom. The van der Waals surface area contributed by atoms with Crippen LogP contribution in [0.4, 0.5) is 0 Å². The fourth-order valence-corrected chi connectivity index (χ4v) is 5.89. The summed E-state index contributed by atoms with van der Waals surface area (Å²) in [5.74, 6) is -3.80. The number of hydrogen-bond acceptors (Lipinski definition) is 8. The van der Waals surface area contributed by atoms with Crippen molar-refractivity contribution in [2.75, 3.05) is 6.61 Å². The van der Waals surface area contributed by atoms with E-state index in [4.69, 9.17) is 9.47 Å². The molecule has 0 aliphatic carbocycles. The highest BCUT2D eigenvalue weighted by Gasteiger charge is 2.73. The monoisotopic (exact) mass is 478 g/mol. The molecule has 2 amide bonds. The number of benzene rings is 1. The Hall–Kier alpha value is -2.92. The molecular weight excluding hydrogens is 452 g/mol. The van der Waals surface area contributed by atoms with Crippen LogP contribution in [0.5, 0.6) is 0 Å². The Bertz CT molecular complexity index is 966. The number of carbonyl (C=O) groups excluding carboxylic acids is 5. The summed E-state index contributed by atoms with van der Waals surface area (Å²) in [5.41, 5.74) is 0.752. The third-order valence-corrected chi connectivity index (χ3v) is 7.80. The van der Waals surface area contributed by atoms with Gasteiger partial charge in [0, 0.05) is 0 Å². The first kappa shape index (κ1) is 24.7. The Kier molecular flexibility index (Phi) is 7.13. The molecule has 2 heterocycles. The predicted octanol–water partition coefficient (Wildman–Crippen LogP) is -0.144. The number of rotatable bonds is 8. The maximum Gasteiger partial charge on any atom is 0.355 e. The predicted molar refractivity (Wildman–Crippen MR) is 116 cm³/mol. The molecule has 1 aromatic rings. The minimum absolute atomic E-state index is 0.0177. The van der Waals surface area contributed by atoms with Crippen molar-refractivity contribution in [3.8, 4) is 0 Å². The molecule has 2 aliphatic heterocycles. The molecule has 2 fully saturated rings. The van der Waals surface area contributed by atoms with Gasteiger partial charge in [0.25, 0.3) is 12.0 Å². The third kappa shape index (κ3) is 4.60. The lowest BCUT2D eigenvalue weighted by atomic mass is 9.95. The van der Waals surface area contributed by atoms with Crippen LogP contribution in [0.1, 0.15) is 33.3 Å². The first-order valence-corrected chi connectivity index (χ1v) is 11.7. The zero-order valence-corrected chi connectivity index (χ0v) is 19.5. The second-order valence-corrected chi connectivity index (χ2v) is 10.5. The molecule has 178 valence electrons. The van der Waals surface area contributed by atoms with Crippen molar-refractivity contribution in [3.63, 3.8) is 0 Å². The standard InChI is InChI=1S/C22H26N2O8S/c1-5-31-20(28)16(12(2)25)32-21(29)17-22(3,4)33(30)19-15(18(27)24(17)19)23-14(26)11-13-9-7-6-8-10-13/h6-10,15-17,19H,5,11H2,1-4H3,(H,23,26)/t15-,16?,17+,19-,33?/m1/s1. The Labute approximate surface area is 194 Å². The van der Waals surface area contributed by atoms with Gasteiger partial charge in [-0.1, -0.05) is 30.3 Å². The van der Waals surface area contributed by atoms with Crippen LogP contribution < -0.4 is 5.32 Å². The summed E-state index contributed by atoms with van der Waals surface area (Å²) >= 11 is -1.74. The summed E-state index contributed by atoms with van der Waals surface area (Å²) in [6.45, 7) is 5.64. The molecule has 0 bridgehead atoms. The zero-order chi connectivity index (χ0) is 24.5. The van der Waals surface area contributed by atoms with Crippen LogP contribution in [0, 0.1) is 0 Å². The van der Waals surface area contributed by atoms with Gasteiger partial charge in [0.15, 0.2) is 22.6 Å². The molecule has 2 unspecified atom stereocenters. The quantitative estimate of drug-likeness (QED) is 0.235. The number of ketones is 1. The van der Waals surface area contributed by atoms with E-state index in [1.165, 1.54) is 20.8 Å². The van der Waals surface area contributed by atoms with E-state index in [0.29, 0.717) is 0 Å². The number of ether oxygens (including phenoxy) is 2. The zero-order valence-electron chi connectivity index (χ0n) is 18.7. The van der Waals surface area contributed by atoms with Crippen LogP contribution in [0.2, 0.25) is 0 Å². The summed E-state index contributed by atoms with van der Waals surface area (Å²) in [6, 6.07) is 6.58. The summed E-state index contributed by atoms with van der Waals surface area (Å²) in [4.78, 5) is 63.1. The van der Waals surface area contributed by atoms with Crippen LogP contribution >= 0.6 is 0 Å². The normalized spacial score (nSPS) is 26.0. The van der Waals surface area contributed by atoms with Crippen molar-refractivity contribution < 1.29 is 38.0 Å². The van der Waals surface area contributed by atoms with Crippen LogP contribution in [-0.2, 0) is 51.0 Å². The molecular formula is C22H26N2O8S. The van der Waals surface area contributed by atoms with Gasteiger partial charge in [-0.25, -0.2) is 9.59 Å². The van der Waals surface area contributed by atoms with Gasteiger partial charge in [0.05, 0.1) is 13.0 Å². The number of esters is 2. The molecule has 1 aromatic carbocycles. The maximum atomic E-state index is 13.2. The lowest BCUT2D eigenvalue weighted by Crippen LogP contribution is -2.72. The first-order chi connectivity index (χ1) is 15.5. The Morgan fingerprint density at radius 1 is 1.21 bits per heavy atom. The molecule has 0 spiro atoms. The Morgan fingerprint density at radius 2 is 1.85 bits per heavy atom. The second-order valence-electron chi connectivity index (χ2n) is 8.33. The van der Waals surface area contributed by atoms with E-state index in [-0.39, 0.29) is 13.0 Å².